The van der Waals surface area contributed by atoms with Gasteiger partial charge in [0.2, 0.25) is 0 Å². The van der Waals surface area contributed by atoms with Gasteiger partial charge in [-0.15, -0.1) is 0 Å². The number of rotatable bonds is 0. The third-order valence-electron chi connectivity index (χ3n) is 0. The predicted molar refractivity (Wildman–Crippen MR) is 11.1 cm³/mol. The molecule has 0 bridgehead atoms. The van der Waals surface area contributed by atoms with Crippen LogP contribution in [0.3, 0.4) is 0 Å². The fraction of sp³-hybridized carbons (Fsp3) is 0. The van der Waals surface area contributed by atoms with Crippen molar-refractivity contribution in [2.75, 3.05) is 0 Å². The quantitative estimate of drug-likeness (QED) is 0.244. The van der Waals surface area contributed by atoms with Gasteiger partial charge in [-0.05, 0) is 0 Å². The van der Waals surface area contributed by atoms with E-state index in [4.69, 9.17) is 0 Å². The smallest absolute Gasteiger partial charge is 1.00 e. The first kappa shape index (κ1) is 80.3. The molecule has 0 aliphatic heterocycles. The maximum absolute atomic E-state index is 0. The summed E-state index contributed by atoms with van der Waals surface area (Å²) in [4.78, 5) is 0. The zero-order valence-corrected chi connectivity index (χ0v) is 12.2. The third kappa shape index (κ3) is 46.2. The van der Waals surface area contributed by atoms with Gasteiger partial charge in [0, 0.05) is 117 Å². The molecule has 63 valence electrons. The summed E-state index contributed by atoms with van der Waals surface area (Å²) < 4.78 is 0. The molecule has 0 fully saturated rings. The molecule has 0 nitrogen and oxygen atoms in total. The molecule has 8 heavy (non-hydrogen) atoms. The van der Waals surface area contributed by atoms with E-state index in [1.807, 2.05) is 0 Å². The second-order valence-electron chi connectivity index (χ2n) is 0. The molecule has 0 aromatic heterocycles. The molecular formula is H5ErF4NaYYb. The molecular weight excluding hydrogens is 528 g/mol. The minimum Gasteiger partial charge on any atom is -1.00 e. The van der Waals surface area contributed by atoms with Gasteiger partial charge in [0.15, 0.2) is 0 Å². The van der Waals surface area contributed by atoms with Gasteiger partial charge in [0.25, 0.3) is 0 Å². The molecule has 0 heterocycles. The van der Waals surface area contributed by atoms with Crippen LogP contribution in [0, 0.1) is 84.2 Å². The molecule has 0 aliphatic rings. The van der Waals surface area contributed by atoms with Crippen LogP contribution in [0.25, 0.3) is 0 Å². The number of halogens is 4. The zero-order valence-electron chi connectivity index (χ0n) is 4.77. The van der Waals surface area contributed by atoms with E-state index in [2.05, 4.69) is 0 Å². The molecule has 0 N–H and O–H groups in total. The molecule has 1 radical (unpaired) electrons. The first-order valence-electron chi connectivity index (χ1n) is 0. The van der Waals surface area contributed by atoms with E-state index in [1.54, 1.807) is 0 Å². The van der Waals surface area contributed by atoms with Crippen LogP contribution in [0.4, 0.5) is 18.8 Å². The van der Waals surface area contributed by atoms with Gasteiger partial charge in [-0.25, -0.2) is 0 Å². The average molecular weight is 533 g/mol. The SMILES string of the molecule is F.F.F.F.[Er].[H-].[Na+].[Y].[Yb]. The van der Waals surface area contributed by atoms with E-state index >= 15 is 0 Å². The first-order chi connectivity index (χ1) is 0. The Hall–Kier alpha value is 4.59. The molecule has 0 aliphatic carbocycles. The van der Waals surface area contributed by atoms with Gasteiger partial charge in [-0.1, -0.05) is 0 Å². The Labute approximate surface area is 162 Å². The molecule has 8 heteroatoms. The normalized spacial score (nSPS) is 0. The Kier molecular flexibility index (Phi) is 619. The molecule has 0 amide bonds. The number of hydrogen-bond donors (Lipinski definition) is 0. The molecule has 0 rings (SSSR count). The van der Waals surface area contributed by atoms with Crippen molar-refractivity contribution in [3.8, 4) is 0 Å². The van der Waals surface area contributed by atoms with Crippen molar-refractivity contribution in [2.45, 2.75) is 0 Å². The van der Waals surface area contributed by atoms with E-state index in [-0.39, 0.29) is 167 Å². The molecule has 0 saturated heterocycles. The fourth-order valence-corrected chi connectivity index (χ4v) is 0. The minimum absolute atomic E-state index is 0. The maximum atomic E-state index is 0. The number of hydrogen-bond acceptors (Lipinski definition) is 0. The summed E-state index contributed by atoms with van der Waals surface area (Å²) in [6.07, 6.45) is 0. The summed E-state index contributed by atoms with van der Waals surface area (Å²) in [6.45, 7) is 0. The largest absolute Gasteiger partial charge is 1.00 e. The second-order valence-corrected chi connectivity index (χ2v) is 0. The minimum atomic E-state index is 0. The maximum Gasteiger partial charge on any atom is 1.00 e. The van der Waals surface area contributed by atoms with E-state index in [1.165, 1.54) is 0 Å². The van der Waals surface area contributed by atoms with E-state index < -0.39 is 0 Å². The van der Waals surface area contributed by atoms with E-state index in [9.17, 15) is 0 Å². The van der Waals surface area contributed by atoms with Crippen LogP contribution in [-0.4, -0.2) is 0 Å². The first-order valence-corrected chi connectivity index (χ1v) is 0. The van der Waals surface area contributed by atoms with E-state index in [0.717, 1.165) is 0 Å². The Morgan fingerprint density at radius 1 is 0.750 bits per heavy atom. The summed E-state index contributed by atoms with van der Waals surface area (Å²) in [5.74, 6) is 0. The van der Waals surface area contributed by atoms with Crippen molar-refractivity contribution >= 4 is 0 Å². The Bertz CT molecular complexity index is 20.5. The molecule has 0 atom stereocenters. The zero-order chi connectivity index (χ0) is 0. The van der Waals surface area contributed by atoms with Crippen LogP contribution in [-0.2, 0) is 32.7 Å². The summed E-state index contributed by atoms with van der Waals surface area (Å²) in [6, 6.07) is 0. The van der Waals surface area contributed by atoms with Gasteiger partial charge in [0.05, 0.1) is 0 Å². The van der Waals surface area contributed by atoms with Crippen LogP contribution >= 0.6 is 0 Å². The Balaban J connectivity index is 0. The average Bonchev–Trinajstić information content (AvgIpc) is 0. The summed E-state index contributed by atoms with van der Waals surface area (Å²) in [5.41, 5.74) is 0. The van der Waals surface area contributed by atoms with Crippen molar-refractivity contribution in [3.63, 3.8) is 0 Å². The van der Waals surface area contributed by atoms with Gasteiger partial charge in [-0.2, -0.15) is 0 Å². The molecule has 0 spiro atoms. The van der Waals surface area contributed by atoms with Gasteiger partial charge in [-0.3, -0.25) is 18.8 Å². The molecule has 0 unspecified atom stereocenters. The molecule has 0 aromatic carbocycles. The van der Waals surface area contributed by atoms with Gasteiger partial charge >= 0.3 is 29.6 Å². The monoisotopic (exact) mass is 533 g/mol. The third-order valence-corrected chi connectivity index (χ3v) is 0. The van der Waals surface area contributed by atoms with Gasteiger partial charge in [0.1, 0.15) is 0 Å². The van der Waals surface area contributed by atoms with Gasteiger partial charge < -0.3 is 1.43 Å². The van der Waals surface area contributed by atoms with Crippen molar-refractivity contribution in [2.24, 2.45) is 0 Å². The van der Waals surface area contributed by atoms with Crippen molar-refractivity contribution in [1.82, 2.24) is 0 Å². The molecule has 0 aromatic rings. The van der Waals surface area contributed by atoms with Crippen molar-refractivity contribution in [3.05, 3.63) is 0 Å². The van der Waals surface area contributed by atoms with Crippen LogP contribution in [0.5, 0.6) is 0 Å². The fourth-order valence-electron chi connectivity index (χ4n) is 0. The second kappa shape index (κ2) is 61.7. The summed E-state index contributed by atoms with van der Waals surface area (Å²) in [7, 11) is 0. The molecule has 0 saturated carbocycles. The summed E-state index contributed by atoms with van der Waals surface area (Å²) in [5, 5.41) is 0. The van der Waals surface area contributed by atoms with Crippen molar-refractivity contribution < 1.29 is 167 Å². The van der Waals surface area contributed by atoms with Crippen LogP contribution in [0.1, 0.15) is 1.43 Å². The predicted octanol–water partition coefficient (Wildman–Crippen LogP) is -2.28. The van der Waals surface area contributed by atoms with Crippen LogP contribution in [0.2, 0.25) is 0 Å². The van der Waals surface area contributed by atoms with Crippen LogP contribution < -0.4 is 29.6 Å². The Morgan fingerprint density at radius 2 is 0.750 bits per heavy atom. The topological polar surface area (TPSA) is 0 Å². The Morgan fingerprint density at radius 3 is 0.750 bits per heavy atom. The van der Waals surface area contributed by atoms with E-state index in [0.29, 0.717) is 0 Å². The van der Waals surface area contributed by atoms with Crippen molar-refractivity contribution in [1.29, 1.82) is 0 Å². The van der Waals surface area contributed by atoms with Crippen LogP contribution in [0.15, 0.2) is 0 Å². The standard InChI is InChI=1S/Er.4FH.Na.Y.Yb.H/h;4*1H;;;;/q;;;;;+1;;;-1. The summed E-state index contributed by atoms with van der Waals surface area (Å²) >= 11 is 0.